The average Bonchev–Trinajstić information content (AvgIpc) is 2.82. The minimum absolute atomic E-state index is 0.0409. The van der Waals surface area contributed by atoms with Crippen LogP contribution in [0.25, 0.3) is 0 Å². The van der Waals surface area contributed by atoms with Crippen molar-refractivity contribution in [3.8, 4) is 0 Å². The Bertz CT molecular complexity index is 1200. The van der Waals surface area contributed by atoms with Crippen molar-refractivity contribution in [3.05, 3.63) is 63.1 Å². The summed E-state index contributed by atoms with van der Waals surface area (Å²) in [5, 5.41) is 0. The smallest absolute Gasteiger partial charge is 0.410 e. The summed E-state index contributed by atoms with van der Waals surface area (Å²) in [4.78, 5) is 32.7. The molecule has 1 aromatic heterocycles. The summed E-state index contributed by atoms with van der Waals surface area (Å²) in [6.45, 7) is 2.16. The number of fused-ring (bicyclic) bond motifs is 1. The molecule has 0 radical (unpaired) electrons. The highest BCUT2D eigenvalue weighted by Gasteiger charge is 2.42. The van der Waals surface area contributed by atoms with E-state index in [0.717, 1.165) is 24.8 Å². The monoisotopic (exact) mass is 521 g/mol. The molecule has 3 aliphatic rings. The molecule has 10 heteroatoms. The Labute approximate surface area is 212 Å². The molecule has 37 heavy (non-hydrogen) atoms. The molecule has 6 nitrogen and oxygen atoms in total. The summed E-state index contributed by atoms with van der Waals surface area (Å²) in [5.74, 6) is -0.865. The van der Waals surface area contributed by atoms with Crippen LogP contribution in [-0.2, 0) is 17.7 Å². The van der Waals surface area contributed by atoms with E-state index in [1.165, 1.54) is 17.0 Å². The number of aromatic nitrogens is 2. The van der Waals surface area contributed by atoms with Gasteiger partial charge in [-0.05, 0) is 75.5 Å². The van der Waals surface area contributed by atoms with E-state index in [9.17, 15) is 27.2 Å². The largest absolute Gasteiger partial charge is 0.446 e. The van der Waals surface area contributed by atoms with Gasteiger partial charge in [-0.25, -0.2) is 14.2 Å². The number of halogens is 4. The molecule has 200 valence electrons. The molecule has 1 unspecified atom stereocenters. The zero-order chi connectivity index (χ0) is 26.3. The maximum absolute atomic E-state index is 13.7. The molecule has 1 aromatic carbocycles. The Kier molecular flexibility index (Phi) is 7.02. The fourth-order valence-electron chi connectivity index (χ4n) is 5.88. The van der Waals surface area contributed by atoms with E-state index in [1.807, 2.05) is 0 Å². The highest BCUT2D eigenvalue weighted by molar-refractivity contribution is 5.68. The van der Waals surface area contributed by atoms with E-state index in [-0.39, 0.29) is 62.1 Å². The maximum atomic E-state index is 13.7. The molecule has 0 bridgehead atoms. The van der Waals surface area contributed by atoms with E-state index < -0.39 is 24.3 Å². The third-order valence-electron chi connectivity index (χ3n) is 8.19. The molecule has 2 aromatic rings. The molecule has 0 spiro atoms. The molecule has 1 atom stereocenters. The Balaban J connectivity index is 1.32. The number of benzene rings is 1. The number of carbonyl (C=O) groups excluding carboxylic acids is 1. The number of hydrogen-bond acceptors (Lipinski definition) is 4. The van der Waals surface area contributed by atoms with Crippen LogP contribution in [0.3, 0.4) is 0 Å². The second-order valence-corrected chi connectivity index (χ2v) is 10.5. The quantitative estimate of drug-likeness (QED) is 0.485. The van der Waals surface area contributed by atoms with Crippen molar-refractivity contribution < 1.29 is 27.1 Å². The normalized spacial score (nSPS) is 23.2. The Morgan fingerprint density at radius 2 is 1.76 bits per heavy atom. The van der Waals surface area contributed by atoms with E-state index in [0.29, 0.717) is 23.5 Å². The standard InChI is InChI=1S/C27H31F4N3O3/c1-16-32-23-15-33(26(36)37-21-11-7-19(8-12-21)27(29,30)31)14-13-22(23)25(35)34(16)24(17-3-2-4-17)18-5-9-20(28)10-6-18/h5-6,9-10,17,19,21,24H,2-4,7-8,11-15H2,1H3. The van der Waals surface area contributed by atoms with Crippen molar-refractivity contribution in [3.63, 3.8) is 0 Å². The van der Waals surface area contributed by atoms with Crippen LogP contribution in [0, 0.1) is 24.6 Å². The highest BCUT2D eigenvalue weighted by atomic mass is 19.4. The van der Waals surface area contributed by atoms with Gasteiger partial charge in [0.2, 0.25) is 0 Å². The van der Waals surface area contributed by atoms with Gasteiger partial charge in [-0.15, -0.1) is 0 Å². The molecule has 2 saturated carbocycles. The first-order valence-electron chi connectivity index (χ1n) is 13.0. The fraction of sp³-hybridized carbons (Fsp3) is 0.593. The first kappa shape index (κ1) is 25.7. The first-order valence-corrected chi connectivity index (χ1v) is 13.0. The zero-order valence-electron chi connectivity index (χ0n) is 20.8. The number of nitrogens with zero attached hydrogens (tertiary/aromatic N) is 3. The average molecular weight is 522 g/mol. The van der Waals surface area contributed by atoms with Gasteiger partial charge in [-0.3, -0.25) is 9.36 Å². The summed E-state index contributed by atoms with van der Waals surface area (Å²) in [6, 6.07) is 6.04. The molecule has 2 heterocycles. The second-order valence-electron chi connectivity index (χ2n) is 10.5. The molecule has 1 aliphatic heterocycles. The Morgan fingerprint density at radius 1 is 1.08 bits per heavy atom. The van der Waals surface area contributed by atoms with Gasteiger partial charge >= 0.3 is 12.3 Å². The lowest BCUT2D eigenvalue weighted by Crippen LogP contribution is -2.44. The summed E-state index contributed by atoms with van der Waals surface area (Å²) in [7, 11) is 0. The van der Waals surface area contributed by atoms with Gasteiger partial charge in [0, 0.05) is 12.1 Å². The third kappa shape index (κ3) is 5.25. The lowest BCUT2D eigenvalue weighted by atomic mass is 9.77. The van der Waals surface area contributed by atoms with Gasteiger partial charge < -0.3 is 9.64 Å². The summed E-state index contributed by atoms with van der Waals surface area (Å²) in [6.07, 6.45) is -1.66. The molecular weight excluding hydrogens is 490 g/mol. The number of ether oxygens (including phenoxy) is 1. The highest BCUT2D eigenvalue weighted by Crippen LogP contribution is 2.41. The minimum atomic E-state index is -4.21. The van der Waals surface area contributed by atoms with Crippen LogP contribution in [-0.4, -0.2) is 39.4 Å². The van der Waals surface area contributed by atoms with Gasteiger partial charge in [-0.2, -0.15) is 13.2 Å². The van der Waals surface area contributed by atoms with Gasteiger partial charge in [-0.1, -0.05) is 18.6 Å². The van der Waals surface area contributed by atoms with Gasteiger partial charge in [0.25, 0.3) is 5.56 Å². The van der Waals surface area contributed by atoms with Crippen molar-refractivity contribution in [2.24, 2.45) is 11.8 Å². The van der Waals surface area contributed by atoms with E-state index in [4.69, 9.17) is 9.72 Å². The maximum Gasteiger partial charge on any atom is 0.410 e. The van der Waals surface area contributed by atoms with Crippen LogP contribution in [0.15, 0.2) is 29.1 Å². The first-order chi connectivity index (χ1) is 17.6. The fourth-order valence-corrected chi connectivity index (χ4v) is 5.88. The lowest BCUT2D eigenvalue weighted by molar-refractivity contribution is -0.186. The predicted octanol–water partition coefficient (Wildman–Crippen LogP) is 5.70. The van der Waals surface area contributed by atoms with Crippen LogP contribution >= 0.6 is 0 Å². The summed E-state index contributed by atoms with van der Waals surface area (Å²) >= 11 is 0. The van der Waals surface area contributed by atoms with Crippen molar-refractivity contribution in [2.45, 2.75) is 83.2 Å². The van der Waals surface area contributed by atoms with Crippen LogP contribution in [0.5, 0.6) is 0 Å². The number of amides is 1. The van der Waals surface area contributed by atoms with Crippen molar-refractivity contribution in [1.82, 2.24) is 14.5 Å². The lowest BCUT2D eigenvalue weighted by Gasteiger charge is -2.37. The van der Waals surface area contributed by atoms with Crippen molar-refractivity contribution >= 4 is 6.09 Å². The van der Waals surface area contributed by atoms with Crippen molar-refractivity contribution in [2.75, 3.05) is 6.54 Å². The molecule has 2 fully saturated rings. The van der Waals surface area contributed by atoms with Crippen LogP contribution in [0.2, 0.25) is 0 Å². The molecular formula is C27H31F4N3O3. The van der Waals surface area contributed by atoms with Gasteiger partial charge in [0.15, 0.2) is 0 Å². The topological polar surface area (TPSA) is 64.4 Å². The number of carbonyl (C=O) groups is 1. The zero-order valence-corrected chi connectivity index (χ0v) is 20.8. The van der Waals surface area contributed by atoms with Crippen LogP contribution in [0.4, 0.5) is 22.4 Å². The van der Waals surface area contributed by atoms with Crippen molar-refractivity contribution in [1.29, 1.82) is 0 Å². The third-order valence-corrected chi connectivity index (χ3v) is 8.19. The summed E-state index contributed by atoms with van der Waals surface area (Å²) < 4.78 is 59.6. The molecule has 2 aliphatic carbocycles. The molecule has 0 N–H and O–H groups in total. The van der Waals surface area contributed by atoms with E-state index in [2.05, 4.69) is 0 Å². The van der Waals surface area contributed by atoms with E-state index in [1.54, 1.807) is 23.6 Å². The molecule has 0 saturated heterocycles. The predicted molar refractivity (Wildman–Crippen MR) is 128 cm³/mol. The summed E-state index contributed by atoms with van der Waals surface area (Å²) in [5.41, 5.74) is 1.82. The molecule has 5 rings (SSSR count). The van der Waals surface area contributed by atoms with Gasteiger partial charge in [0.05, 0.1) is 24.2 Å². The Hall–Kier alpha value is -2.91. The number of hydrogen-bond donors (Lipinski definition) is 0. The van der Waals surface area contributed by atoms with E-state index >= 15 is 0 Å². The second kappa shape index (κ2) is 10.1. The molecule has 1 amide bonds. The number of alkyl halides is 3. The number of rotatable bonds is 4. The van der Waals surface area contributed by atoms with Gasteiger partial charge in [0.1, 0.15) is 17.7 Å². The van der Waals surface area contributed by atoms with Crippen LogP contribution in [0.1, 0.15) is 73.6 Å². The van der Waals surface area contributed by atoms with Crippen LogP contribution < -0.4 is 5.56 Å². The number of aryl methyl sites for hydroxylation is 1. The Morgan fingerprint density at radius 3 is 2.35 bits per heavy atom. The SMILES string of the molecule is Cc1nc2c(c(=O)n1C(c1ccc(F)cc1)C1CCC1)CCN(C(=O)OC1CCC(C(F)(F)F)CC1)C2. The minimum Gasteiger partial charge on any atom is -0.446 e.